The van der Waals surface area contributed by atoms with E-state index in [4.69, 9.17) is 4.74 Å². The highest BCUT2D eigenvalue weighted by molar-refractivity contribution is 5.98. The van der Waals surface area contributed by atoms with Crippen molar-refractivity contribution in [3.63, 3.8) is 0 Å². The summed E-state index contributed by atoms with van der Waals surface area (Å²) in [6.07, 6.45) is 3.04. The van der Waals surface area contributed by atoms with Crippen LogP contribution in [0.4, 0.5) is 0 Å². The van der Waals surface area contributed by atoms with Gasteiger partial charge in [0.25, 0.3) is 0 Å². The molecule has 8 nitrogen and oxygen atoms in total. The molecule has 2 bridgehead atoms. The standard InChI is InChI=1S/C21H32N2O6/c1-6-10-22(12(3)4)18(26)16-21-9-8-20(7-2,29-21)15(19(27)28)14(21)17(25)23(16)13(5)11-24/h6,12-16,24H,1,7-11H2,2-5H3,(H,27,28)/t13-,14+,15+,16?,20-,21?/m1/s1. The highest BCUT2D eigenvalue weighted by atomic mass is 16.5. The smallest absolute Gasteiger partial charge is 0.310 e. The van der Waals surface area contributed by atoms with E-state index in [0.29, 0.717) is 25.8 Å². The van der Waals surface area contributed by atoms with Gasteiger partial charge in [0, 0.05) is 12.6 Å². The molecule has 0 aromatic rings. The number of nitrogens with zero attached hydrogens (tertiary/aromatic N) is 2. The number of fused-ring (bicyclic) bond motifs is 1. The quantitative estimate of drug-likeness (QED) is 0.581. The minimum Gasteiger partial charge on any atom is -0.481 e. The average Bonchev–Trinajstić information content (AvgIpc) is 3.28. The minimum atomic E-state index is -1.18. The van der Waals surface area contributed by atoms with E-state index in [1.165, 1.54) is 4.90 Å². The fourth-order valence-corrected chi connectivity index (χ4v) is 5.72. The first kappa shape index (κ1) is 21.8. The monoisotopic (exact) mass is 408 g/mol. The lowest BCUT2D eigenvalue weighted by molar-refractivity contribution is -0.160. The Bertz CT molecular complexity index is 724. The number of amides is 2. The Morgan fingerprint density at radius 3 is 2.52 bits per heavy atom. The van der Waals surface area contributed by atoms with E-state index in [-0.39, 0.29) is 18.6 Å². The second-order valence-electron chi connectivity index (χ2n) is 8.82. The molecule has 29 heavy (non-hydrogen) atoms. The largest absolute Gasteiger partial charge is 0.481 e. The molecule has 3 heterocycles. The molecule has 0 aliphatic carbocycles. The third-order valence-electron chi connectivity index (χ3n) is 7.09. The molecule has 3 rings (SSSR count). The predicted molar refractivity (Wildman–Crippen MR) is 105 cm³/mol. The van der Waals surface area contributed by atoms with Gasteiger partial charge in [-0.25, -0.2) is 0 Å². The molecular formula is C21H32N2O6. The maximum atomic E-state index is 13.7. The van der Waals surface area contributed by atoms with Crippen molar-refractivity contribution in [3.8, 4) is 0 Å². The fraction of sp³-hybridized carbons (Fsp3) is 0.762. The van der Waals surface area contributed by atoms with Crippen LogP contribution in [-0.2, 0) is 19.1 Å². The highest BCUT2D eigenvalue weighted by Gasteiger charge is 2.79. The molecule has 3 fully saturated rings. The van der Waals surface area contributed by atoms with Crippen LogP contribution in [-0.4, -0.2) is 80.3 Å². The first-order chi connectivity index (χ1) is 13.6. The maximum absolute atomic E-state index is 13.7. The molecule has 2 unspecified atom stereocenters. The van der Waals surface area contributed by atoms with Gasteiger partial charge < -0.3 is 24.7 Å². The first-order valence-electron chi connectivity index (χ1n) is 10.4. The average molecular weight is 408 g/mol. The number of hydrogen-bond acceptors (Lipinski definition) is 5. The van der Waals surface area contributed by atoms with Crippen molar-refractivity contribution >= 4 is 17.8 Å². The van der Waals surface area contributed by atoms with Crippen molar-refractivity contribution in [1.29, 1.82) is 0 Å². The van der Waals surface area contributed by atoms with Gasteiger partial charge in [-0.05, 0) is 40.0 Å². The topological polar surface area (TPSA) is 107 Å². The Kier molecular flexibility index (Phi) is 5.55. The fourth-order valence-electron chi connectivity index (χ4n) is 5.72. The van der Waals surface area contributed by atoms with Crippen molar-refractivity contribution in [2.45, 2.75) is 76.3 Å². The predicted octanol–water partition coefficient (Wildman–Crippen LogP) is 1.03. The summed E-state index contributed by atoms with van der Waals surface area (Å²) in [5.41, 5.74) is -2.11. The second kappa shape index (κ2) is 7.40. The summed E-state index contributed by atoms with van der Waals surface area (Å²) in [6, 6.07) is -1.71. The van der Waals surface area contributed by atoms with Crippen molar-refractivity contribution in [1.82, 2.24) is 9.80 Å². The van der Waals surface area contributed by atoms with E-state index in [9.17, 15) is 24.6 Å². The van der Waals surface area contributed by atoms with Crippen LogP contribution in [0.1, 0.15) is 47.0 Å². The molecule has 6 atom stereocenters. The zero-order valence-corrected chi connectivity index (χ0v) is 17.6. The van der Waals surface area contributed by atoms with Gasteiger partial charge in [-0.15, -0.1) is 6.58 Å². The molecule has 0 radical (unpaired) electrons. The highest BCUT2D eigenvalue weighted by Crippen LogP contribution is 2.64. The SMILES string of the molecule is C=CCN(C(=O)C1N([C@H](C)CO)C(=O)[C@@H]2[C@@H](C(=O)O)[C@@]3(CC)CCC12O3)C(C)C. The number of rotatable bonds is 8. The van der Waals surface area contributed by atoms with E-state index in [2.05, 4.69) is 6.58 Å². The van der Waals surface area contributed by atoms with Crippen molar-refractivity contribution in [2.75, 3.05) is 13.2 Å². The summed E-state index contributed by atoms with van der Waals surface area (Å²) < 4.78 is 6.43. The number of carbonyl (C=O) groups excluding carboxylic acids is 2. The summed E-state index contributed by atoms with van der Waals surface area (Å²) >= 11 is 0. The van der Waals surface area contributed by atoms with E-state index >= 15 is 0 Å². The Balaban J connectivity index is 2.15. The van der Waals surface area contributed by atoms with Gasteiger partial charge >= 0.3 is 5.97 Å². The lowest BCUT2D eigenvalue weighted by Gasteiger charge is -2.39. The molecule has 2 N–H and O–H groups in total. The van der Waals surface area contributed by atoms with Gasteiger partial charge in [0.05, 0.1) is 24.2 Å². The number of aliphatic carboxylic acids is 1. The molecule has 0 saturated carbocycles. The van der Waals surface area contributed by atoms with Crippen LogP contribution in [0, 0.1) is 11.8 Å². The number of aliphatic hydroxyl groups excluding tert-OH is 1. The maximum Gasteiger partial charge on any atom is 0.310 e. The van der Waals surface area contributed by atoms with Crippen LogP contribution in [0.15, 0.2) is 12.7 Å². The number of hydrogen-bond donors (Lipinski definition) is 2. The summed E-state index contributed by atoms with van der Waals surface area (Å²) in [4.78, 5) is 42.4. The van der Waals surface area contributed by atoms with Gasteiger partial charge in [0.1, 0.15) is 17.6 Å². The van der Waals surface area contributed by atoms with Crippen molar-refractivity contribution in [3.05, 3.63) is 12.7 Å². The van der Waals surface area contributed by atoms with Crippen LogP contribution in [0.3, 0.4) is 0 Å². The Morgan fingerprint density at radius 2 is 2.03 bits per heavy atom. The summed E-state index contributed by atoms with van der Waals surface area (Å²) in [5, 5.41) is 19.7. The van der Waals surface area contributed by atoms with E-state index < -0.39 is 47.0 Å². The van der Waals surface area contributed by atoms with Gasteiger partial charge in [0.15, 0.2) is 0 Å². The van der Waals surface area contributed by atoms with Gasteiger partial charge in [-0.3, -0.25) is 14.4 Å². The van der Waals surface area contributed by atoms with Crippen molar-refractivity contribution in [2.24, 2.45) is 11.8 Å². The first-order valence-corrected chi connectivity index (χ1v) is 10.4. The third-order valence-corrected chi connectivity index (χ3v) is 7.09. The summed E-state index contributed by atoms with van der Waals surface area (Å²) in [6.45, 7) is 11.0. The molecule has 3 aliphatic rings. The minimum absolute atomic E-state index is 0.133. The molecule has 2 amide bonds. The summed E-state index contributed by atoms with van der Waals surface area (Å²) in [5.74, 6) is -3.67. The zero-order chi connectivity index (χ0) is 21.7. The number of aliphatic hydroxyl groups is 1. The lowest BCUT2D eigenvalue weighted by Crippen LogP contribution is -2.59. The van der Waals surface area contributed by atoms with E-state index in [1.54, 1.807) is 17.9 Å². The van der Waals surface area contributed by atoms with Gasteiger partial charge in [0.2, 0.25) is 11.8 Å². The second-order valence-corrected chi connectivity index (χ2v) is 8.82. The molecule has 162 valence electrons. The molecule has 1 spiro atoms. The van der Waals surface area contributed by atoms with Crippen LogP contribution in [0.5, 0.6) is 0 Å². The number of carbonyl (C=O) groups is 3. The van der Waals surface area contributed by atoms with Crippen molar-refractivity contribution < 1.29 is 29.3 Å². The number of carboxylic acid groups (broad SMARTS) is 1. The van der Waals surface area contributed by atoms with Gasteiger partial charge in [-0.1, -0.05) is 13.0 Å². The number of likely N-dealkylation sites (tertiary alicyclic amines) is 1. The Morgan fingerprint density at radius 1 is 1.38 bits per heavy atom. The molecule has 8 heteroatoms. The lowest BCUT2D eigenvalue weighted by atomic mass is 9.65. The van der Waals surface area contributed by atoms with E-state index in [1.807, 2.05) is 20.8 Å². The zero-order valence-electron chi connectivity index (χ0n) is 17.6. The molecule has 0 aromatic carbocycles. The summed E-state index contributed by atoms with van der Waals surface area (Å²) in [7, 11) is 0. The van der Waals surface area contributed by atoms with Crippen LogP contribution in [0.2, 0.25) is 0 Å². The molecular weight excluding hydrogens is 376 g/mol. The van der Waals surface area contributed by atoms with Gasteiger partial charge in [-0.2, -0.15) is 0 Å². The van der Waals surface area contributed by atoms with Crippen LogP contribution >= 0.6 is 0 Å². The van der Waals surface area contributed by atoms with Crippen LogP contribution < -0.4 is 0 Å². The Labute approximate surface area is 171 Å². The number of carboxylic acids is 1. The molecule has 0 aromatic heterocycles. The molecule has 3 aliphatic heterocycles. The third kappa shape index (κ3) is 2.83. The Hall–Kier alpha value is -1.93. The number of ether oxygens (including phenoxy) is 1. The van der Waals surface area contributed by atoms with Crippen LogP contribution in [0.25, 0.3) is 0 Å². The van der Waals surface area contributed by atoms with E-state index in [0.717, 1.165) is 0 Å². The normalized spacial score (nSPS) is 36.4. The molecule has 3 saturated heterocycles.